The van der Waals surface area contributed by atoms with E-state index in [4.69, 9.17) is 15.2 Å². The molecular weight excluding hydrogens is 1420 g/mol. The highest BCUT2D eigenvalue weighted by Crippen LogP contribution is 2.37. The van der Waals surface area contributed by atoms with Crippen LogP contribution < -0.4 is 36.5 Å². The highest BCUT2D eigenvalue weighted by Gasteiger charge is 2.51. The molecule has 8 amide bonds. The Morgan fingerprint density at radius 3 is 1.62 bits per heavy atom. The van der Waals surface area contributed by atoms with Crippen LogP contribution in [0.5, 0.6) is 11.6 Å². The van der Waals surface area contributed by atoms with Gasteiger partial charge in [0.05, 0.1) is 56.9 Å². The number of ether oxygens (including phenoxy) is 2. The molecule has 24 nitrogen and oxygen atoms in total. The molecule has 7 N–H and O–H groups in total. The highest BCUT2D eigenvalue weighted by molar-refractivity contribution is 7.13. The minimum Gasteiger partial charge on any atom is -0.488 e. The number of nitrogens with two attached hydrogens (primary N) is 1. The summed E-state index contributed by atoms with van der Waals surface area (Å²) in [6.07, 6.45) is -3.50. The molecule has 9 atom stereocenters. The average Bonchev–Trinajstić information content (AvgIpc) is 1.63. The van der Waals surface area contributed by atoms with Gasteiger partial charge in [-0.3, -0.25) is 43.3 Å². The van der Waals surface area contributed by atoms with Crippen molar-refractivity contribution in [2.24, 2.45) is 17.1 Å². The number of carbonyl (C=O) groups excluding carboxylic acids is 8. The first-order chi connectivity index (χ1) is 51.0. The molecule has 3 saturated heterocycles. The fourth-order valence-electron chi connectivity index (χ4n) is 14.1. The number of alkyl halides is 3. The Kier molecular flexibility index (Phi) is 22.7. The molecule has 560 valence electrons. The first-order valence-corrected chi connectivity index (χ1v) is 37.0. The molecule has 0 aliphatic carbocycles. The summed E-state index contributed by atoms with van der Waals surface area (Å²) in [5, 5.41) is 22.5. The van der Waals surface area contributed by atoms with Crippen LogP contribution in [-0.4, -0.2) is 172 Å². The fourth-order valence-corrected chi connectivity index (χ4v) is 15.7. The van der Waals surface area contributed by atoms with E-state index < -0.39 is 126 Å². The molecule has 3 fully saturated rings. The number of benzene rings is 4. The third-order valence-corrected chi connectivity index (χ3v) is 21.9. The van der Waals surface area contributed by atoms with E-state index in [-0.39, 0.29) is 81.3 Å². The Bertz CT molecular complexity index is 4630. The summed E-state index contributed by atoms with van der Waals surface area (Å²) in [6.45, 7) is 14.3. The van der Waals surface area contributed by atoms with Gasteiger partial charge in [-0.15, -0.1) is 22.7 Å². The number of aliphatic hydroxyl groups is 1. The van der Waals surface area contributed by atoms with Gasteiger partial charge in [0.25, 0.3) is 11.8 Å². The second-order valence-electron chi connectivity index (χ2n) is 28.9. The molecule has 0 radical (unpaired) electrons. The minimum absolute atomic E-state index is 0.00282. The number of pyridine rings is 2. The fraction of sp³-hybridized carbons (Fsp3) is 0.385. The van der Waals surface area contributed by atoms with Crippen LogP contribution in [0.4, 0.5) is 13.2 Å². The van der Waals surface area contributed by atoms with Crippen LogP contribution in [0.3, 0.4) is 0 Å². The Balaban J connectivity index is 0.714. The lowest BCUT2D eigenvalue weighted by atomic mass is 9.85. The Morgan fingerprint density at radius 2 is 1.13 bits per heavy atom. The molecule has 4 aliphatic rings. The SMILES string of the molecule is Cc1cnccc1-c1ccc(CNC(=O)[C@@H]2C[C@@H](O)CN2C(=O)[C@H](C(C)C)N2Cc3ccc(O[C@@H]4C[C@@H](C(=O)NCc5ccc(-c6scnc6C)cc5)N(C(=O)[C@@H](NC(=O)c5ccc(O[C@@H]6C[C@@H](C(=O)NCc7ccc(-c8scnc8C)cc7)N(C(=O)C(N)C(F)(F)F)C6)nc5)C(C)(C)C)C4)cc3C2=O)cc1. The maximum Gasteiger partial charge on any atom is 0.412 e. The number of aromatic nitrogens is 4. The van der Waals surface area contributed by atoms with Gasteiger partial charge in [0, 0.05) is 82.2 Å². The number of hydrogen-bond donors (Lipinski definition) is 6. The van der Waals surface area contributed by atoms with Crippen LogP contribution in [0, 0.1) is 32.1 Å². The first-order valence-electron chi connectivity index (χ1n) is 35.3. The second kappa shape index (κ2) is 31.9. The van der Waals surface area contributed by atoms with Gasteiger partial charge in [0.1, 0.15) is 48.2 Å². The number of amides is 8. The van der Waals surface area contributed by atoms with Crippen LogP contribution in [0.25, 0.3) is 32.0 Å². The Labute approximate surface area is 624 Å². The normalized spacial score (nSPS) is 19.5. The van der Waals surface area contributed by atoms with E-state index in [9.17, 15) is 51.8 Å². The van der Waals surface area contributed by atoms with E-state index >= 15 is 4.79 Å². The quantitative estimate of drug-likeness (QED) is 0.0349. The summed E-state index contributed by atoms with van der Waals surface area (Å²) in [7, 11) is 0. The summed E-state index contributed by atoms with van der Waals surface area (Å²) >= 11 is 2.99. The van der Waals surface area contributed by atoms with Gasteiger partial charge in [-0.25, -0.2) is 15.0 Å². The predicted molar refractivity (Wildman–Crippen MR) is 394 cm³/mol. The van der Waals surface area contributed by atoms with Crippen molar-refractivity contribution >= 4 is 69.9 Å². The molecule has 8 heterocycles. The van der Waals surface area contributed by atoms with Crippen molar-refractivity contribution < 1.29 is 66.1 Å². The summed E-state index contributed by atoms with van der Waals surface area (Å²) in [5.74, 6) is -5.76. The van der Waals surface area contributed by atoms with Gasteiger partial charge in [-0.05, 0) is 106 Å². The van der Waals surface area contributed by atoms with Gasteiger partial charge in [-0.2, -0.15) is 13.2 Å². The lowest BCUT2D eigenvalue weighted by Crippen LogP contribution is -2.57. The molecule has 0 saturated carbocycles. The summed E-state index contributed by atoms with van der Waals surface area (Å²) in [4.78, 5) is 139. The number of aliphatic hydroxyl groups excluding tert-OH is 1. The Morgan fingerprint density at radius 1 is 0.617 bits per heavy atom. The standard InChI is InChI=1S/C78H84F3N13O11S2/c1-42(2)64(74(101)91-37-54(95)27-60(91)70(97)85-32-46-9-15-49(16-10-46)58-25-26-83-31-43(58)3)94-36-53-21-23-55(28-59(53)73(94)100)104-56-29-62(72(99)87-34-48-13-19-51(20-14-48)66-45(5)89-41-107-66)93(38-56)76(103)68(77(6,7)8)90-69(96)52-22-24-63(84-35-52)105-57-30-61(92(39-57)75(102)67(82)78(79,80)81)71(98)86-33-47-11-17-50(18-12-47)65-44(4)88-40-106-65/h9-26,28,31,35,40-42,54,56-57,60-62,64,67-68,95H,27,29-30,32-34,36-39,82H2,1-8H3,(H,85,97)(H,86,98)(H,87,99)(H,90,96)/t54-,56-,57-,60+,61+,62+,64+,67?,68-/m1/s1. The van der Waals surface area contributed by atoms with Crippen molar-refractivity contribution in [2.45, 2.75) is 162 Å². The number of likely N-dealkylation sites (tertiary alicyclic amines) is 3. The largest absolute Gasteiger partial charge is 0.488 e. The van der Waals surface area contributed by atoms with Crippen molar-refractivity contribution in [1.29, 1.82) is 0 Å². The topological polar surface area (TPSA) is 314 Å². The molecule has 8 aromatic rings. The number of nitrogens with zero attached hydrogens (tertiary/aromatic N) is 8. The zero-order chi connectivity index (χ0) is 76.3. The first kappa shape index (κ1) is 76.2. The van der Waals surface area contributed by atoms with Crippen LogP contribution in [0.15, 0.2) is 139 Å². The smallest absolute Gasteiger partial charge is 0.412 e. The van der Waals surface area contributed by atoms with Gasteiger partial charge in [-0.1, -0.05) is 113 Å². The molecule has 107 heavy (non-hydrogen) atoms. The number of halogens is 3. The number of rotatable bonds is 23. The molecule has 4 aliphatic heterocycles. The van der Waals surface area contributed by atoms with Gasteiger partial charge in [0.15, 0.2) is 6.04 Å². The molecule has 0 bridgehead atoms. The van der Waals surface area contributed by atoms with E-state index in [1.807, 2.05) is 101 Å². The number of aryl methyl sites for hydroxylation is 3. The Hall–Kier alpha value is -10.5. The zero-order valence-corrected chi connectivity index (χ0v) is 61.9. The number of hydrogen-bond acceptors (Lipinski definition) is 18. The number of carbonyl (C=O) groups is 8. The van der Waals surface area contributed by atoms with E-state index in [1.54, 1.807) is 74.5 Å². The van der Waals surface area contributed by atoms with E-state index in [0.29, 0.717) is 11.1 Å². The monoisotopic (exact) mass is 1500 g/mol. The lowest BCUT2D eigenvalue weighted by Gasteiger charge is -2.35. The van der Waals surface area contributed by atoms with Gasteiger partial charge < -0.3 is 61.2 Å². The average molecular weight is 1500 g/mol. The van der Waals surface area contributed by atoms with Gasteiger partial charge >= 0.3 is 6.18 Å². The van der Waals surface area contributed by atoms with Crippen molar-refractivity contribution in [2.75, 3.05) is 19.6 Å². The third-order valence-electron chi connectivity index (χ3n) is 19.9. The summed E-state index contributed by atoms with van der Waals surface area (Å²) < 4.78 is 54.4. The molecular formula is C78H84F3N13O11S2. The van der Waals surface area contributed by atoms with Crippen LogP contribution in [0.1, 0.15) is 114 Å². The molecule has 12 rings (SSSR count). The molecule has 4 aromatic carbocycles. The van der Waals surface area contributed by atoms with Crippen molar-refractivity contribution in [3.8, 4) is 43.6 Å². The number of fused-ring (bicyclic) bond motifs is 1. The summed E-state index contributed by atoms with van der Waals surface area (Å²) in [6, 6.07) is 23.6. The highest BCUT2D eigenvalue weighted by atomic mass is 32.1. The molecule has 4 aromatic heterocycles. The maximum absolute atomic E-state index is 15.3. The van der Waals surface area contributed by atoms with Crippen molar-refractivity contribution in [3.05, 3.63) is 189 Å². The van der Waals surface area contributed by atoms with E-state index in [1.165, 1.54) is 55.7 Å². The van der Waals surface area contributed by atoms with Crippen LogP contribution in [-0.2, 0) is 54.9 Å². The zero-order valence-electron chi connectivity index (χ0n) is 60.3. The van der Waals surface area contributed by atoms with Crippen LogP contribution >= 0.6 is 22.7 Å². The maximum atomic E-state index is 15.3. The molecule has 0 spiro atoms. The van der Waals surface area contributed by atoms with Crippen LogP contribution in [0.2, 0.25) is 0 Å². The molecule has 1 unspecified atom stereocenters. The molecule has 29 heteroatoms. The number of nitrogens with one attached hydrogen (secondary N) is 4. The number of thiazole rings is 2. The predicted octanol–water partition coefficient (Wildman–Crippen LogP) is 8.64. The second-order valence-corrected chi connectivity index (χ2v) is 30.7. The van der Waals surface area contributed by atoms with E-state index in [0.717, 1.165) is 65.0 Å². The lowest BCUT2D eigenvalue weighted by molar-refractivity contribution is -0.171. The third kappa shape index (κ3) is 17.2. The minimum atomic E-state index is -5.11. The van der Waals surface area contributed by atoms with Gasteiger partial charge in [0.2, 0.25) is 41.3 Å². The summed E-state index contributed by atoms with van der Waals surface area (Å²) in [5.41, 5.74) is 17.7. The number of β-amino-alcohol motifs (C(OH)–C–C–N with tert-alkyl or cyclic N) is 1. The van der Waals surface area contributed by atoms with E-state index in [2.05, 4.69) is 41.2 Å². The van der Waals surface area contributed by atoms with Crippen molar-refractivity contribution in [3.63, 3.8) is 0 Å². The van der Waals surface area contributed by atoms with Crippen molar-refractivity contribution in [1.82, 2.24) is 60.8 Å².